The van der Waals surface area contributed by atoms with Gasteiger partial charge in [0.25, 0.3) is 0 Å². The first kappa shape index (κ1) is 30.3. The second-order valence-electron chi connectivity index (χ2n) is 14.2. The monoisotopic (exact) mass is 665 g/mol. The zero-order valence-corrected chi connectivity index (χ0v) is 29.1. The third kappa shape index (κ3) is 4.74. The molecule has 3 nitrogen and oxygen atoms in total. The van der Waals surface area contributed by atoms with Crippen LogP contribution in [0.3, 0.4) is 0 Å². The van der Waals surface area contributed by atoms with E-state index in [1.807, 2.05) is 12.1 Å². The largest absolute Gasteiger partial charge is 0.309 e. The van der Waals surface area contributed by atoms with Crippen LogP contribution in [0.4, 0.5) is 0 Å². The van der Waals surface area contributed by atoms with Gasteiger partial charge in [0, 0.05) is 38.6 Å². The molecule has 0 atom stereocenters. The van der Waals surface area contributed by atoms with Crippen molar-refractivity contribution in [2.45, 2.75) is 19.3 Å². The minimum atomic E-state index is -0.0496. The van der Waals surface area contributed by atoms with E-state index in [0.717, 1.165) is 39.3 Å². The topological polar surface area (TPSA) is 30.7 Å². The molecule has 3 heteroatoms. The van der Waals surface area contributed by atoms with E-state index < -0.39 is 0 Å². The molecule has 0 saturated heterocycles. The van der Waals surface area contributed by atoms with Gasteiger partial charge >= 0.3 is 0 Å². The van der Waals surface area contributed by atoms with E-state index in [1.54, 1.807) is 0 Å². The molecular weight excluding hydrogens is 631 g/mol. The molecule has 7 aromatic carbocycles. The van der Waals surface area contributed by atoms with E-state index in [-0.39, 0.29) is 5.41 Å². The van der Waals surface area contributed by atoms with Crippen molar-refractivity contribution in [1.82, 2.24) is 14.5 Å². The fraction of sp³-hybridized carbons (Fsp3) is 0.0612. The van der Waals surface area contributed by atoms with Crippen LogP contribution in [0.25, 0.3) is 83.6 Å². The van der Waals surface area contributed by atoms with E-state index >= 15 is 0 Å². The van der Waals surface area contributed by atoms with Crippen molar-refractivity contribution < 1.29 is 0 Å². The quantitative estimate of drug-likeness (QED) is 0.183. The Morgan fingerprint density at radius 3 is 1.73 bits per heavy atom. The maximum Gasteiger partial charge on any atom is 0.160 e. The van der Waals surface area contributed by atoms with Gasteiger partial charge < -0.3 is 4.57 Å². The predicted molar refractivity (Wildman–Crippen MR) is 216 cm³/mol. The van der Waals surface area contributed by atoms with E-state index in [1.165, 1.54) is 49.7 Å². The van der Waals surface area contributed by atoms with Crippen molar-refractivity contribution in [2.24, 2.45) is 0 Å². The average molecular weight is 666 g/mol. The molecule has 9 aromatic rings. The van der Waals surface area contributed by atoms with Crippen molar-refractivity contribution in [3.8, 4) is 61.8 Å². The third-order valence-electron chi connectivity index (χ3n) is 10.8. The highest BCUT2D eigenvalue weighted by Gasteiger charge is 2.36. The van der Waals surface area contributed by atoms with Gasteiger partial charge in [-0.1, -0.05) is 153 Å². The summed E-state index contributed by atoms with van der Waals surface area (Å²) in [6.07, 6.45) is 0. The third-order valence-corrected chi connectivity index (χ3v) is 10.8. The van der Waals surface area contributed by atoms with Gasteiger partial charge in [0.1, 0.15) is 0 Å². The minimum Gasteiger partial charge on any atom is -0.309 e. The van der Waals surface area contributed by atoms with Gasteiger partial charge in [0.15, 0.2) is 5.82 Å². The number of fused-ring (bicyclic) bond motifs is 6. The Morgan fingerprint density at radius 2 is 1.02 bits per heavy atom. The first-order valence-corrected chi connectivity index (χ1v) is 17.9. The Bertz CT molecular complexity index is 2740. The Morgan fingerprint density at radius 1 is 0.423 bits per heavy atom. The molecule has 1 aliphatic carbocycles. The molecule has 0 bridgehead atoms. The lowest BCUT2D eigenvalue weighted by molar-refractivity contribution is 0.660. The number of aromatic nitrogens is 3. The normalized spacial score (nSPS) is 13.0. The number of hydrogen-bond acceptors (Lipinski definition) is 2. The standard InChI is InChI=1S/C49H35N3/c1-49(2)41-23-13-12-21-39(41)47-37(22-14-24-42(47)49)34-26-28-45-40(29-34)38-27-25-35(30-46(38)52(45)36-19-10-5-11-20-36)48-50-43(32-15-6-3-7-16-32)31-44(51-48)33-17-8-4-9-18-33/h3-31H,1-2H3. The maximum atomic E-state index is 5.16. The maximum absolute atomic E-state index is 5.16. The molecule has 0 amide bonds. The van der Waals surface area contributed by atoms with Crippen molar-refractivity contribution in [3.05, 3.63) is 187 Å². The molecule has 0 N–H and O–H groups in total. The van der Waals surface area contributed by atoms with Crippen LogP contribution in [0.2, 0.25) is 0 Å². The van der Waals surface area contributed by atoms with Gasteiger partial charge in [-0.15, -0.1) is 0 Å². The molecule has 0 saturated carbocycles. The summed E-state index contributed by atoms with van der Waals surface area (Å²) < 4.78 is 2.38. The Hall–Kier alpha value is -6.58. The number of hydrogen-bond donors (Lipinski definition) is 0. The molecule has 0 unspecified atom stereocenters. The summed E-state index contributed by atoms with van der Waals surface area (Å²) in [7, 11) is 0. The highest BCUT2D eigenvalue weighted by atomic mass is 15.0. The van der Waals surface area contributed by atoms with Gasteiger partial charge in [-0.2, -0.15) is 0 Å². The molecule has 2 heterocycles. The first-order valence-electron chi connectivity index (χ1n) is 17.9. The van der Waals surface area contributed by atoms with Crippen molar-refractivity contribution in [3.63, 3.8) is 0 Å². The highest BCUT2D eigenvalue weighted by molar-refractivity contribution is 6.12. The van der Waals surface area contributed by atoms with Gasteiger partial charge in [-0.05, 0) is 69.8 Å². The highest BCUT2D eigenvalue weighted by Crippen LogP contribution is 2.52. The molecule has 52 heavy (non-hydrogen) atoms. The Balaban J connectivity index is 1.19. The lowest BCUT2D eigenvalue weighted by Gasteiger charge is -2.21. The summed E-state index contributed by atoms with van der Waals surface area (Å²) >= 11 is 0. The van der Waals surface area contributed by atoms with Crippen LogP contribution in [0.5, 0.6) is 0 Å². The van der Waals surface area contributed by atoms with Crippen molar-refractivity contribution >= 4 is 21.8 Å². The van der Waals surface area contributed by atoms with E-state index in [0.29, 0.717) is 5.82 Å². The second kappa shape index (κ2) is 11.8. The molecule has 246 valence electrons. The number of para-hydroxylation sites is 1. The van der Waals surface area contributed by atoms with Gasteiger partial charge in [0.2, 0.25) is 0 Å². The lowest BCUT2D eigenvalue weighted by Crippen LogP contribution is -2.14. The molecule has 2 aromatic heterocycles. The first-order chi connectivity index (χ1) is 25.5. The molecule has 10 rings (SSSR count). The van der Waals surface area contributed by atoms with Crippen LogP contribution in [0.15, 0.2) is 176 Å². The molecule has 1 aliphatic rings. The molecule has 0 fully saturated rings. The zero-order chi connectivity index (χ0) is 34.8. The second-order valence-corrected chi connectivity index (χ2v) is 14.2. The number of benzene rings is 7. The molecule has 0 spiro atoms. The SMILES string of the molecule is CC1(C)c2ccccc2-c2c(-c3ccc4c(c3)c3ccc(-c5nc(-c6ccccc6)cc(-c6ccccc6)n5)cc3n4-c3ccccc3)cccc21. The van der Waals surface area contributed by atoms with Crippen molar-refractivity contribution in [1.29, 1.82) is 0 Å². The lowest BCUT2D eigenvalue weighted by atomic mass is 9.82. The van der Waals surface area contributed by atoms with Crippen LogP contribution in [0, 0.1) is 0 Å². The van der Waals surface area contributed by atoms with Gasteiger partial charge in [-0.25, -0.2) is 9.97 Å². The smallest absolute Gasteiger partial charge is 0.160 e. The van der Waals surface area contributed by atoms with Crippen molar-refractivity contribution in [2.75, 3.05) is 0 Å². The van der Waals surface area contributed by atoms with Crippen LogP contribution < -0.4 is 0 Å². The summed E-state index contributed by atoms with van der Waals surface area (Å²) in [5.41, 5.74) is 16.2. The predicted octanol–water partition coefficient (Wildman–Crippen LogP) is 12.5. The summed E-state index contributed by atoms with van der Waals surface area (Å²) in [6, 6.07) is 62.9. The number of nitrogens with zero attached hydrogens (tertiary/aromatic N) is 3. The average Bonchev–Trinajstić information content (AvgIpc) is 3.66. The van der Waals surface area contributed by atoms with Crippen LogP contribution in [-0.4, -0.2) is 14.5 Å². The Kier molecular flexibility index (Phi) is 6.84. The molecule has 0 radical (unpaired) electrons. The number of rotatable bonds is 5. The summed E-state index contributed by atoms with van der Waals surface area (Å²) in [4.78, 5) is 10.3. The van der Waals surface area contributed by atoms with E-state index in [4.69, 9.17) is 9.97 Å². The van der Waals surface area contributed by atoms with Crippen LogP contribution >= 0.6 is 0 Å². The Labute approximate surface area is 303 Å². The summed E-state index contributed by atoms with van der Waals surface area (Å²) in [5.74, 6) is 0.703. The fourth-order valence-electron chi connectivity index (χ4n) is 8.27. The van der Waals surface area contributed by atoms with Gasteiger partial charge in [0.05, 0.1) is 22.4 Å². The van der Waals surface area contributed by atoms with E-state index in [9.17, 15) is 0 Å². The zero-order valence-electron chi connectivity index (χ0n) is 29.1. The van der Waals surface area contributed by atoms with E-state index in [2.05, 4.69) is 182 Å². The van der Waals surface area contributed by atoms with Crippen LogP contribution in [-0.2, 0) is 5.41 Å². The fourth-order valence-corrected chi connectivity index (χ4v) is 8.27. The molecule has 0 aliphatic heterocycles. The summed E-state index contributed by atoms with van der Waals surface area (Å²) in [6.45, 7) is 4.69. The van der Waals surface area contributed by atoms with Crippen LogP contribution in [0.1, 0.15) is 25.0 Å². The van der Waals surface area contributed by atoms with Gasteiger partial charge in [-0.3, -0.25) is 0 Å². The minimum absolute atomic E-state index is 0.0496. The summed E-state index contributed by atoms with van der Waals surface area (Å²) in [5, 5.41) is 2.41. The molecular formula is C49H35N3.